The Morgan fingerprint density at radius 1 is 0.462 bits per heavy atom. The summed E-state index contributed by atoms with van der Waals surface area (Å²) >= 11 is 0. The summed E-state index contributed by atoms with van der Waals surface area (Å²) in [5.74, 6) is 0. The molecule has 0 aliphatic rings. The lowest BCUT2D eigenvalue weighted by Crippen LogP contribution is -1.79. The first-order valence-electron chi connectivity index (χ1n) is 10.2. The highest BCUT2D eigenvalue weighted by atomic mass is 16.0. The molecular formula is C25H36O. The maximum Gasteiger partial charge on any atom is -0.0105 e. The SMILES string of the molecule is CCCCCCCCCCC.O.c1ccc2c(c1)ccc1ccccc12. The smallest absolute Gasteiger partial charge is 0.0105 e. The lowest BCUT2D eigenvalue weighted by molar-refractivity contribution is 0.572. The van der Waals surface area contributed by atoms with Crippen molar-refractivity contribution >= 4 is 21.5 Å². The number of hydrogen-bond acceptors (Lipinski definition) is 0. The summed E-state index contributed by atoms with van der Waals surface area (Å²) in [6.07, 6.45) is 13.0. The van der Waals surface area contributed by atoms with Crippen molar-refractivity contribution < 1.29 is 5.48 Å². The summed E-state index contributed by atoms with van der Waals surface area (Å²) < 4.78 is 0. The molecule has 0 unspecified atom stereocenters. The molecule has 2 N–H and O–H groups in total. The molecule has 3 aromatic carbocycles. The van der Waals surface area contributed by atoms with Gasteiger partial charge in [-0.1, -0.05) is 132 Å². The molecule has 3 rings (SSSR count). The van der Waals surface area contributed by atoms with E-state index in [2.05, 4.69) is 74.5 Å². The molecule has 0 amide bonds. The zero-order valence-electron chi connectivity index (χ0n) is 16.6. The van der Waals surface area contributed by atoms with Crippen LogP contribution in [0.5, 0.6) is 0 Å². The molecule has 0 spiro atoms. The molecule has 142 valence electrons. The highest BCUT2D eigenvalue weighted by molar-refractivity contribution is 6.07. The highest BCUT2D eigenvalue weighted by Gasteiger charge is 1.97. The molecule has 1 nitrogen and oxygen atoms in total. The fraction of sp³-hybridized carbons (Fsp3) is 0.440. The fourth-order valence-corrected chi connectivity index (χ4v) is 3.34. The van der Waals surface area contributed by atoms with Crippen LogP contribution in [0.1, 0.15) is 71.6 Å². The average Bonchev–Trinajstić information content (AvgIpc) is 2.68. The topological polar surface area (TPSA) is 31.5 Å². The van der Waals surface area contributed by atoms with Crippen LogP contribution in [0, 0.1) is 0 Å². The molecule has 26 heavy (non-hydrogen) atoms. The second kappa shape index (κ2) is 13.4. The van der Waals surface area contributed by atoms with Gasteiger partial charge in [-0.15, -0.1) is 0 Å². The lowest BCUT2D eigenvalue weighted by atomic mass is 10.0. The third-order valence-electron chi connectivity index (χ3n) is 4.86. The second-order valence-electron chi connectivity index (χ2n) is 6.98. The molecule has 0 aromatic heterocycles. The van der Waals surface area contributed by atoms with Gasteiger partial charge in [0.2, 0.25) is 0 Å². The zero-order chi connectivity index (χ0) is 17.7. The van der Waals surface area contributed by atoms with Gasteiger partial charge in [0.1, 0.15) is 0 Å². The van der Waals surface area contributed by atoms with E-state index >= 15 is 0 Å². The van der Waals surface area contributed by atoms with Crippen molar-refractivity contribution in [2.24, 2.45) is 0 Å². The van der Waals surface area contributed by atoms with Crippen LogP contribution in [0.3, 0.4) is 0 Å². The number of unbranched alkanes of at least 4 members (excludes halogenated alkanes) is 8. The predicted molar refractivity (Wildman–Crippen MR) is 118 cm³/mol. The van der Waals surface area contributed by atoms with Gasteiger partial charge < -0.3 is 5.48 Å². The standard InChI is InChI=1S/C14H10.C11H24.H2O/c1-3-7-13-11(5-1)9-10-12-6-2-4-8-14(12)13;1-3-5-7-9-11-10-8-6-4-2;/h1-10H;3-11H2,1-2H3;1H2. The maximum atomic E-state index is 2.27. The quantitative estimate of drug-likeness (QED) is 0.294. The first kappa shape index (κ1) is 22.2. The van der Waals surface area contributed by atoms with Gasteiger partial charge in [0.15, 0.2) is 0 Å². The van der Waals surface area contributed by atoms with Crippen LogP contribution in [0.25, 0.3) is 21.5 Å². The van der Waals surface area contributed by atoms with Gasteiger partial charge in [0, 0.05) is 0 Å². The third-order valence-corrected chi connectivity index (χ3v) is 4.86. The minimum atomic E-state index is 0. The van der Waals surface area contributed by atoms with E-state index in [0.29, 0.717) is 0 Å². The van der Waals surface area contributed by atoms with E-state index in [0.717, 1.165) is 0 Å². The van der Waals surface area contributed by atoms with Gasteiger partial charge >= 0.3 is 0 Å². The predicted octanol–water partition coefficient (Wildman–Crippen LogP) is 7.71. The number of fused-ring (bicyclic) bond motifs is 3. The van der Waals surface area contributed by atoms with Gasteiger partial charge in [-0.3, -0.25) is 0 Å². The lowest BCUT2D eigenvalue weighted by Gasteiger charge is -2.02. The van der Waals surface area contributed by atoms with Crippen LogP contribution < -0.4 is 0 Å². The monoisotopic (exact) mass is 352 g/mol. The largest absolute Gasteiger partial charge is 0.412 e. The van der Waals surface area contributed by atoms with Gasteiger partial charge in [0.25, 0.3) is 0 Å². The second-order valence-corrected chi connectivity index (χ2v) is 6.98. The van der Waals surface area contributed by atoms with Gasteiger partial charge in [-0.2, -0.15) is 0 Å². The van der Waals surface area contributed by atoms with Crippen molar-refractivity contribution in [1.82, 2.24) is 0 Å². The summed E-state index contributed by atoms with van der Waals surface area (Å²) in [5, 5.41) is 5.30. The molecule has 0 fully saturated rings. The third kappa shape index (κ3) is 7.17. The van der Waals surface area contributed by atoms with Crippen molar-refractivity contribution in [2.75, 3.05) is 0 Å². The minimum absolute atomic E-state index is 0. The molecule has 0 heterocycles. The van der Waals surface area contributed by atoms with E-state index in [-0.39, 0.29) is 5.48 Å². The Balaban J connectivity index is 0.000000260. The Morgan fingerprint density at radius 2 is 0.808 bits per heavy atom. The molecule has 0 aliphatic heterocycles. The first-order chi connectivity index (χ1) is 12.4. The Kier molecular flexibility index (Phi) is 11.4. The molecule has 0 saturated heterocycles. The molecule has 0 aliphatic carbocycles. The Bertz CT molecular complexity index is 669. The summed E-state index contributed by atoms with van der Waals surface area (Å²) in [4.78, 5) is 0. The molecule has 0 radical (unpaired) electrons. The van der Waals surface area contributed by atoms with Crippen LogP contribution in [0.15, 0.2) is 60.7 Å². The summed E-state index contributed by atoms with van der Waals surface area (Å²) in [5.41, 5.74) is 0. The van der Waals surface area contributed by atoms with E-state index in [4.69, 9.17) is 0 Å². The highest BCUT2D eigenvalue weighted by Crippen LogP contribution is 2.24. The van der Waals surface area contributed by atoms with Gasteiger partial charge in [-0.25, -0.2) is 0 Å². The van der Waals surface area contributed by atoms with Crippen molar-refractivity contribution in [1.29, 1.82) is 0 Å². The van der Waals surface area contributed by atoms with Gasteiger partial charge in [-0.05, 0) is 21.5 Å². The molecule has 3 aromatic rings. The van der Waals surface area contributed by atoms with Crippen molar-refractivity contribution in [3.63, 3.8) is 0 Å². The summed E-state index contributed by atoms with van der Waals surface area (Å²) in [6, 6.07) is 21.4. The molecule has 0 saturated carbocycles. The maximum absolute atomic E-state index is 2.27. The molecule has 0 atom stereocenters. The summed E-state index contributed by atoms with van der Waals surface area (Å²) in [6.45, 7) is 4.55. The molecule has 1 heteroatoms. The normalized spacial score (nSPS) is 10.2. The molecule has 0 bridgehead atoms. The Morgan fingerprint density at radius 3 is 1.19 bits per heavy atom. The van der Waals surface area contributed by atoms with Crippen LogP contribution >= 0.6 is 0 Å². The van der Waals surface area contributed by atoms with E-state index < -0.39 is 0 Å². The zero-order valence-corrected chi connectivity index (χ0v) is 16.6. The molecular weight excluding hydrogens is 316 g/mol. The van der Waals surface area contributed by atoms with Crippen LogP contribution in [0.4, 0.5) is 0 Å². The minimum Gasteiger partial charge on any atom is -0.412 e. The van der Waals surface area contributed by atoms with Crippen molar-refractivity contribution in [3.05, 3.63) is 60.7 Å². The van der Waals surface area contributed by atoms with Crippen LogP contribution in [-0.2, 0) is 0 Å². The van der Waals surface area contributed by atoms with Crippen molar-refractivity contribution in [3.8, 4) is 0 Å². The van der Waals surface area contributed by atoms with E-state index in [1.807, 2.05) is 0 Å². The Hall–Kier alpha value is -1.86. The fourth-order valence-electron chi connectivity index (χ4n) is 3.34. The number of benzene rings is 3. The average molecular weight is 353 g/mol. The number of hydrogen-bond donors (Lipinski definition) is 0. The number of rotatable bonds is 8. The van der Waals surface area contributed by atoms with Crippen LogP contribution in [0.2, 0.25) is 0 Å². The summed E-state index contributed by atoms with van der Waals surface area (Å²) in [7, 11) is 0. The van der Waals surface area contributed by atoms with Gasteiger partial charge in [0.05, 0.1) is 0 Å². The van der Waals surface area contributed by atoms with Crippen molar-refractivity contribution in [2.45, 2.75) is 71.6 Å². The Labute approximate surface area is 159 Å². The van der Waals surface area contributed by atoms with E-state index in [1.54, 1.807) is 0 Å². The van der Waals surface area contributed by atoms with E-state index in [1.165, 1.54) is 79.3 Å². The van der Waals surface area contributed by atoms with E-state index in [9.17, 15) is 0 Å². The van der Waals surface area contributed by atoms with Crippen LogP contribution in [-0.4, -0.2) is 5.48 Å². The first-order valence-corrected chi connectivity index (χ1v) is 10.2.